The summed E-state index contributed by atoms with van der Waals surface area (Å²) in [5.74, 6) is 0.729. The van der Waals surface area contributed by atoms with Gasteiger partial charge in [-0.3, -0.25) is 0 Å². The molecule has 2 nitrogen and oxygen atoms in total. The monoisotopic (exact) mass is 359 g/mol. The average Bonchev–Trinajstić information content (AvgIpc) is 2.69. The molecular weight excluding hydrogens is 334 g/mol. The van der Waals surface area contributed by atoms with Crippen molar-refractivity contribution >= 4 is 27.3 Å². The summed E-state index contributed by atoms with van der Waals surface area (Å²) in [7, 11) is 0. The first-order valence-corrected chi connectivity index (χ1v) is 9.04. The van der Waals surface area contributed by atoms with Gasteiger partial charge in [0, 0.05) is 10.9 Å². The van der Waals surface area contributed by atoms with Gasteiger partial charge in [-0.2, -0.15) is 0 Å². The van der Waals surface area contributed by atoms with Gasteiger partial charge in [0.2, 0.25) is 0 Å². The lowest BCUT2D eigenvalue weighted by molar-refractivity contribution is -0.0725. The Kier molecular flexibility index (Phi) is 5.33. The molecule has 0 saturated heterocycles. The van der Waals surface area contributed by atoms with Crippen LogP contribution in [0.3, 0.4) is 0 Å². The lowest BCUT2D eigenvalue weighted by atomic mass is 9.71. The van der Waals surface area contributed by atoms with Crippen LogP contribution >= 0.6 is 27.3 Å². The molecule has 1 aromatic heterocycles. The van der Waals surface area contributed by atoms with E-state index in [1.807, 2.05) is 6.92 Å². The summed E-state index contributed by atoms with van der Waals surface area (Å²) < 4.78 is 7.56. The van der Waals surface area contributed by atoms with Crippen molar-refractivity contribution in [3.8, 4) is 0 Å². The normalized spacial score (nSPS) is 29.1. The smallest absolute Gasteiger partial charge is 0.107 e. The van der Waals surface area contributed by atoms with Gasteiger partial charge in [0.15, 0.2) is 0 Å². The van der Waals surface area contributed by atoms with Crippen LogP contribution in [-0.2, 0) is 4.74 Å². The molecule has 4 unspecified atom stereocenters. The van der Waals surface area contributed by atoms with E-state index in [-0.39, 0.29) is 12.1 Å². The fourth-order valence-corrected chi connectivity index (χ4v) is 5.08. The highest BCUT2D eigenvalue weighted by molar-refractivity contribution is 9.11. The molecule has 2 N–H and O–H groups in total. The van der Waals surface area contributed by atoms with Crippen LogP contribution in [0.25, 0.3) is 0 Å². The molecule has 4 atom stereocenters. The third kappa shape index (κ3) is 4.30. The number of hydrogen-bond donors (Lipinski definition) is 1. The average molecular weight is 360 g/mol. The van der Waals surface area contributed by atoms with Crippen molar-refractivity contribution < 1.29 is 4.74 Å². The maximum Gasteiger partial charge on any atom is 0.107 e. The summed E-state index contributed by atoms with van der Waals surface area (Å²) in [4.78, 5) is 1.22. The van der Waals surface area contributed by atoms with Gasteiger partial charge in [-0.25, -0.2) is 0 Å². The van der Waals surface area contributed by atoms with Crippen molar-refractivity contribution in [2.75, 3.05) is 0 Å². The Morgan fingerprint density at radius 1 is 1.40 bits per heavy atom. The highest BCUT2D eigenvalue weighted by atomic mass is 79.9. The maximum absolute atomic E-state index is 6.42. The Hall–Kier alpha value is 0.1000. The first-order chi connectivity index (χ1) is 9.27. The number of rotatable bonds is 4. The fraction of sp³-hybridized carbons (Fsp3) is 0.750. The van der Waals surface area contributed by atoms with Crippen molar-refractivity contribution in [2.45, 2.75) is 65.2 Å². The maximum atomic E-state index is 6.42. The van der Waals surface area contributed by atoms with Crippen molar-refractivity contribution in [1.29, 1.82) is 0 Å². The summed E-state index contributed by atoms with van der Waals surface area (Å²) in [5, 5.41) is 0. The largest absolute Gasteiger partial charge is 0.368 e. The first-order valence-electron chi connectivity index (χ1n) is 7.43. The van der Waals surface area contributed by atoms with E-state index in [0.29, 0.717) is 11.5 Å². The second kappa shape index (κ2) is 6.47. The van der Waals surface area contributed by atoms with Gasteiger partial charge in [0.1, 0.15) is 6.10 Å². The first kappa shape index (κ1) is 16.5. The van der Waals surface area contributed by atoms with E-state index in [1.54, 1.807) is 11.3 Å². The molecule has 1 aromatic rings. The van der Waals surface area contributed by atoms with Crippen LogP contribution in [0.1, 0.15) is 57.9 Å². The molecule has 1 aliphatic carbocycles. The van der Waals surface area contributed by atoms with Crippen molar-refractivity contribution in [3.63, 3.8) is 0 Å². The number of hydrogen-bond acceptors (Lipinski definition) is 3. The molecule has 1 saturated carbocycles. The summed E-state index contributed by atoms with van der Waals surface area (Å²) >= 11 is 5.25. The van der Waals surface area contributed by atoms with Crippen LogP contribution < -0.4 is 5.73 Å². The van der Waals surface area contributed by atoms with Gasteiger partial charge >= 0.3 is 0 Å². The molecule has 0 bridgehead atoms. The van der Waals surface area contributed by atoms with E-state index in [9.17, 15) is 0 Å². The molecule has 1 heterocycles. The second-order valence-corrected chi connectivity index (χ2v) is 9.59. The topological polar surface area (TPSA) is 35.2 Å². The van der Waals surface area contributed by atoms with Crippen LogP contribution in [0, 0.1) is 11.3 Å². The SMILES string of the molecule is CC1CC(OC(c2ccc(Br)s2)C(C)N)CC(C)(C)C1. The third-order valence-corrected chi connectivity index (χ3v) is 5.72. The van der Waals surface area contributed by atoms with Gasteiger partial charge in [-0.15, -0.1) is 11.3 Å². The molecule has 20 heavy (non-hydrogen) atoms. The molecule has 4 heteroatoms. The molecule has 0 amide bonds. The van der Waals surface area contributed by atoms with Gasteiger partial charge < -0.3 is 10.5 Å². The Labute approximate surface area is 135 Å². The lowest BCUT2D eigenvalue weighted by Gasteiger charge is -2.40. The summed E-state index contributed by atoms with van der Waals surface area (Å²) in [6.45, 7) is 9.07. The van der Waals surface area contributed by atoms with Gasteiger partial charge in [0.25, 0.3) is 0 Å². The van der Waals surface area contributed by atoms with E-state index in [1.165, 1.54) is 11.3 Å². The molecule has 1 aliphatic rings. The Morgan fingerprint density at radius 3 is 2.60 bits per heavy atom. The molecular formula is C16H26BrNOS. The lowest BCUT2D eigenvalue weighted by Crippen LogP contribution is -2.36. The number of halogens is 1. The standard InChI is InChI=1S/C16H26BrNOS/c1-10-7-12(9-16(3,4)8-10)19-15(11(2)18)13-5-6-14(17)20-13/h5-6,10-12,15H,7-9,18H2,1-4H3. The van der Waals surface area contributed by atoms with Crippen LogP contribution in [0.4, 0.5) is 0 Å². The van der Waals surface area contributed by atoms with E-state index in [2.05, 4.69) is 48.8 Å². The molecule has 0 aromatic carbocycles. The molecule has 0 radical (unpaired) electrons. The van der Waals surface area contributed by atoms with Gasteiger partial charge in [-0.1, -0.05) is 20.8 Å². The zero-order valence-corrected chi connectivity index (χ0v) is 15.3. The highest BCUT2D eigenvalue weighted by Gasteiger charge is 2.34. The molecule has 1 fully saturated rings. The van der Waals surface area contributed by atoms with Crippen LogP contribution in [0.2, 0.25) is 0 Å². The molecule has 114 valence electrons. The van der Waals surface area contributed by atoms with Crippen molar-refractivity contribution in [2.24, 2.45) is 17.1 Å². The van der Waals surface area contributed by atoms with Crippen molar-refractivity contribution in [3.05, 3.63) is 20.8 Å². The third-order valence-electron chi connectivity index (χ3n) is 4.04. The number of nitrogens with two attached hydrogens (primary N) is 1. The van der Waals surface area contributed by atoms with E-state index < -0.39 is 0 Å². The minimum atomic E-state index is 0.0115. The predicted octanol–water partition coefficient (Wildman–Crippen LogP) is 5.13. The predicted molar refractivity (Wildman–Crippen MR) is 90.1 cm³/mol. The van der Waals surface area contributed by atoms with Crippen LogP contribution in [0.15, 0.2) is 15.9 Å². The van der Waals surface area contributed by atoms with Crippen LogP contribution in [0.5, 0.6) is 0 Å². The minimum Gasteiger partial charge on any atom is -0.368 e. The Balaban J connectivity index is 2.08. The van der Waals surface area contributed by atoms with Gasteiger partial charge in [-0.05, 0) is 65.6 Å². The quantitative estimate of drug-likeness (QED) is 0.808. The molecule has 0 aliphatic heterocycles. The Bertz CT molecular complexity index is 443. The highest BCUT2D eigenvalue weighted by Crippen LogP contribution is 2.42. The summed E-state index contributed by atoms with van der Waals surface area (Å²) in [5.41, 5.74) is 6.54. The summed E-state index contributed by atoms with van der Waals surface area (Å²) in [6.07, 6.45) is 3.91. The number of ether oxygens (including phenoxy) is 1. The zero-order valence-electron chi connectivity index (χ0n) is 12.9. The fourth-order valence-electron chi connectivity index (χ4n) is 3.50. The zero-order chi connectivity index (χ0) is 14.9. The minimum absolute atomic E-state index is 0.0115. The van der Waals surface area contributed by atoms with E-state index in [4.69, 9.17) is 10.5 Å². The molecule has 2 rings (SSSR count). The molecule has 0 spiro atoms. The van der Waals surface area contributed by atoms with Crippen molar-refractivity contribution in [1.82, 2.24) is 0 Å². The second-order valence-electron chi connectivity index (χ2n) is 7.09. The van der Waals surface area contributed by atoms with Gasteiger partial charge in [0.05, 0.1) is 9.89 Å². The Morgan fingerprint density at radius 2 is 2.10 bits per heavy atom. The van der Waals surface area contributed by atoms with E-state index >= 15 is 0 Å². The summed E-state index contributed by atoms with van der Waals surface area (Å²) in [6, 6.07) is 4.22. The van der Waals surface area contributed by atoms with E-state index in [0.717, 1.165) is 22.5 Å². The van der Waals surface area contributed by atoms with Crippen LogP contribution in [-0.4, -0.2) is 12.1 Å². The number of thiophene rings is 1.